The van der Waals surface area contributed by atoms with E-state index in [4.69, 9.17) is 0 Å². The topological polar surface area (TPSA) is 86.8 Å². The van der Waals surface area contributed by atoms with Gasteiger partial charge in [0, 0.05) is 27.4 Å². The standard InChI is InChI=1S/C34H35Br2N3O4S/c1-34(2,3)37-33(41)31(22-25-11-6-4-7-12-25)38(23-26-13-10-14-28(36)21-26)32(40)24-39(29-19-17-27(35)18-20-29)44(42,43)30-15-8-5-9-16-30/h4-21,31H,22-24H2,1-3H3,(H,37,41). The van der Waals surface area contributed by atoms with Gasteiger partial charge in [-0.3, -0.25) is 13.9 Å². The summed E-state index contributed by atoms with van der Waals surface area (Å²) in [5.74, 6) is -0.844. The van der Waals surface area contributed by atoms with Gasteiger partial charge in [0.1, 0.15) is 12.6 Å². The Labute approximate surface area is 276 Å². The van der Waals surface area contributed by atoms with Crippen molar-refractivity contribution in [2.45, 2.75) is 50.2 Å². The first-order valence-corrected chi connectivity index (χ1v) is 17.1. The molecule has 10 heteroatoms. The van der Waals surface area contributed by atoms with Crippen molar-refractivity contribution in [1.82, 2.24) is 10.2 Å². The molecule has 0 saturated carbocycles. The molecule has 0 aliphatic carbocycles. The van der Waals surface area contributed by atoms with Crippen molar-refractivity contribution in [2.75, 3.05) is 10.8 Å². The molecule has 0 aromatic heterocycles. The summed E-state index contributed by atoms with van der Waals surface area (Å²) in [5.41, 5.74) is 1.42. The summed E-state index contributed by atoms with van der Waals surface area (Å²) in [6, 6.07) is 30.8. The Kier molecular flexibility index (Phi) is 11.0. The second-order valence-electron chi connectivity index (χ2n) is 11.4. The molecule has 1 N–H and O–H groups in total. The van der Waals surface area contributed by atoms with E-state index in [9.17, 15) is 18.0 Å². The molecule has 2 amide bonds. The maximum atomic E-state index is 14.5. The van der Waals surface area contributed by atoms with Crippen LogP contribution in [0.25, 0.3) is 0 Å². The summed E-state index contributed by atoms with van der Waals surface area (Å²) >= 11 is 6.91. The molecule has 4 aromatic carbocycles. The van der Waals surface area contributed by atoms with Gasteiger partial charge in [0.05, 0.1) is 10.6 Å². The average molecular weight is 742 g/mol. The molecule has 1 atom stereocenters. The molecular weight excluding hydrogens is 706 g/mol. The summed E-state index contributed by atoms with van der Waals surface area (Å²) in [6.45, 7) is 5.22. The van der Waals surface area contributed by atoms with Crippen molar-refractivity contribution in [3.05, 3.63) is 129 Å². The molecule has 4 aromatic rings. The molecule has 44 heavy (non-hydrogen) atoms. The lowest BCUT2D eigenvalue weighted by atomic mass is 10.0. The van der Waals surface area contributed by atoms with Crippen LogP contribution in [0, 0.1) is 0 Å². The minimum absolute atomic E-state index is 0.0561. The number of nitrogens with zero attached hydrogens (tertiary/aromatic N) is 2. The van der Waals surface area contributed by atoms with E-state index < -0.39 is 34.1 Å². The molecule has 0 aliphatic heterocycles. The molecule has 0 heterocycles. The van der Waals surface area contributed by atoms with Gasteiger partial charge in [-0.25, -0.2) is 8.42 Å². The van der Waals surface area contributed by atoms with Gasteiger partial charge in [-0.2, -0.15) is 0 Å². The molecule has 4 rings (SSSR count). The van der Waals surface area contributed by atoms with Crippen molar-refractivity contribution in [1.29, 1.82) is 0 Å². The van der Waals surface area contributed by atoms with E-state index in [0.717, 1.165) is 24.4 Å². The van der Waals surface area contributed by atoms with Crippen LogP contribution in [-0.4, -0.2) is 43.3 Å². The van der Waals surface area contributed by atoms with Crippen LogP contribution in [0.2, 0.25) is 0 Å². The number of hydrogen-bond acceptors (Lipinski definition) is 4. The number of amides is 2. The lowest BCUT2D eigenvalue weighted by Crippen LogP contribution is -2.56. The Hall–Kier alpha value is -3.47. The van der Waals surface area contributed by atoms with Crippen LogP contribution in [0.3, 0.4) is 0 Å². The minimum Gasteiger partial charge on any atom is -0.350 e. The Morgan fingerprint density at radius 1 is 0.773 bits per heavy atom. The maximum Gasteiger partial charge on any atom is 0.264 e. The van der Waals surface area contributed by atoms with Gasteiger partial charge in [-0.05, 0) is 80.4 Å². The molecular formula is C34H35Br2N3O4S. The number of anilines is 1. The molecule has 0 radical (unpaired) electrons. The van der Waals surface area contributed by atoms with Crippen LogP contribution in [0.5, 0.6) is 0 Å². The third-order valence-electron chi connectivity index (χ3n) is 6.74. The molecule has 1 unspecified atom stereocenters. The fraction of sp³-hybridized carbons (Fsp3) is 0.235. The molecule has 0 fully saturated rings. The predicted octanol–water partition coefficient (Wildman–Crippen LogP) is 6.96. The highest BCUT2D eigenvalue weighted by Crippen LogP contribution is 2.27. The van der Waals surface area contributed by atoms with E-state index in [1.165, 1.54) is 17.0 Å². The molecule has 7 nitrogen and oxygen atoms in total. The highest BCUT2D eigenvalue weighted by atomic mass is 79.9. The van der Waals surface area contributed by atoms with Crippen LogP contribution in [0.15, 0.2) is 123 Å². The number of carbonyl (C=O) groups excluding carboxylic acids is 2. The second-order valence-corrected chi connectivity index (χ2v) is 15.1. The molecule has 0 saturated heterocycles. The van der Waals surface area contributed by atoms with E-state index in [2.05, 4.69) is 37.2 Å². The molecule has 0 aliphatic rings. The summed E-state index contributed by atoms with van der Waals surface area (Å²) in [5, 5.41) is 3.04. The number of carbonyl (C=O) groups is 2. The van der Waals surface area contributed by atoms with E-state index in [-0.39, 0.29) is 23.8 Å². The predicted molar refractivity (Wildman–Crippen MR) is 182 cm³/mol. The Balaban J connectivity index is 1.81. The second kappa shape index (κ2) is 14.5. The minimum atomic E-state index is -4.15. The summed E-state index contributed by atoms with van der Waals surface area (Å²) < 4.78 is 30.7. The fourth-order valence-electron chi connectivity index (χ4n) is 4.69. The van der Waals surface area contributed by atoms with Crippen LogP contribution in [0.4, 0.5) is 5.69 Å². The van der Waals surface area contributed by atoms with E-state index in [1.54, 1.807) is 42.5 Å². The number of halogens is 2. The van der Waals surface area contributed by atoms with Gasteiger partial charge in [0.15, 0.2) is 0 Å². The smallest absolute Gasteiger partial charge is 0.264 e. The number of hydrogen-bond donors (Lipinski definition) is 1. The van der Waals surface area contributed by atoms with E-state index in [0.29, 0.717) is 5.69 Å². The first kappa shape index (κ1) is 33.4. The normalized spacial score (nSPS) is 12.3. The van der Waals surface area contributed by atoms with Crippen molar-refractivity contribution >= 4 is 59.4 Å². The fourth-order valence-corrected chi connectivity index (χ4v) is 6.84. The third-order valence-corrected chi connectivity index (χ3v) is 9.55. The van der Waals surface area contributed by atoms with E-state index >= 15 is 0 Å². The lowest BCUT2D eigenvalue weighted by molar-refractivity contribution is -0.140. The monoisotopic (exact) mass is 739 g/mol. The van der Waals surface area contributed by atoms with Crippen LogP contribution in [0.1, 0.15) is 31.9 Å². The number of nitrogens with one attached hydrogen (secondary N) is 1. The summed E-state index contributed by atoms with van der Waals surface area (Å²) in [4.78, 5) is 30.0. The molecule has 230 valence electrons. The third kappa shape index (κ3) is 9.03. The van der Waals surface area contributed by atoms with Crippen LogP contribution < -0.4 is 9.62 Å². The Morgan fingerprint density at radius 3 is 1.95 bits per heavy atom. The van der Waals surface area contributed by atoms with Gasteiger partial charge in [0.2, 0.25) is 11.8 Å². The number of rotatable bonds is 11. The highest BCUT2D eigenvalue weighted by Gasteiger charge is 2.35. The van der Waals surface area contributed by atoms with Gasteiger partial charge >= 0.3 is 0 Å². The zero-order valence-electron chi connectivity index (χ0n) is 24.8. The van der Waals surface area contributed by atoms with E-state index in [1.807, 2.05) is 75.4 Å². The first-order chi connectivity index (χ1) is 20.8. The quantitative estimate of drug-likeness (QED) is 0.180. The maximum absolute atomic E-state index is 14.5. The zero-order chi connectivity index (χ0) is 31.9. The molecule has 0 spiro atoms. The lowest BCUT2D eigenvalue weighted by Gasteiger charge is -2.35. The Morgan fingerprint density at radius 2 is 1.36 bits per heavy atom. The van der Waals surface area contributed by atoms with Crippen molar-refractivity contribution in [3.63, 3.8) is 0 Å². The van der Waals surface area contributed by atoms with Crippen molar-refractivity contribution < 1.29 is 18.0 Å². The van der Waals surface area contributed by atoms with Gasteiger partial charge < -0.3 is 10.2 Å². The summed E-state index contributed by atoms with van der Waals surface area (Å²) in [6.07, 6.45) is 0.242. The summed E-state index contributed by atoms with van der Waals surface area (Å²) in [7, 11) is -4.15. The van der Waals surface area contributed by atoms with Crippen LogP contribution >= 0.6 is 31.9 Å². The van der Waals surface area contributed by atoms with Crippen molar-refractivity contribution in [3.8, 4) is 0 Å². The molecule has 0 bridgehead atoms. The SMILES string of the molecule is CC(C)(C)NC(=O)C(Cc1ccccc1)N(Cc1cccc(Br)c1)C(=O)CN(c1ccc(Br)cc1)S(=O)(=O)c1ccccc1. The van der Waals surface area contributed by atoms with Crippen LogP contribution in [-0.2, 0) is 32.6 Å². The average Bonchev–Trinajstić information content (AvgIpc) is 2.98. The zero-order valence-corrected chi connectivity index (χ0v) is 28.8. The van der Waals surface area contributed by atoms with Crippen molar-refractivity contribution in [2.24, 2.45) is 0 Å². The number of benzene rings is 4. The van der Waals surface area contributed by atoms with Gasteiger partial charge in [0.25, 0.3) is 10.0 Å². The largest absolute Gasteiger partial charge is 0.350 e. The number of sulfonamides is 1. The van der Waals surface area contributed by atoms with Gasteiger partial charge in [-0.15, -0.1) is 0 Å². The Bertz CT molecular complexity index is 1680. The first-order valence-electron chi connectivity index (χ1n) is 14.1. The highest BCUT2D eigenvalue weighted by molar-refractivity contribution is 9.10. The van der Waals surface area contributed by atoms with Gasteiger partial charge in [-0.1, -0.05) is 92.5 Å².